The van der Waals surface area contributed by atoms with Gasteiger partial charge < -0.3 is 68.8 Å². The molecule has 1 heterocycles. The second kappa shape index (κ2) is 39.5. The van der Waals surface area contributed by atoms with E-state index in [0.29, 0.717) is 115 Å². The monoisotopic (exact) mass is 1120 g/mol. The van der Waals surface area contributed by atoms with E-state index in [9.17, 15) is 38.4 Å². The van der Waals surface area contributed by atoms with Gasteiger partial charge in [-0.25, -0.2) is 4.79 Å². The SMILES string of the molecule is COCCOCCOCCOCCOCCOCCOCCOCCC(=O)N[C@@H](CCCCN1C(=O)C=CC1=O)C(=O)N[C@H](C(=O)N[C@@H](C)C(=O)Nc1ccc(COC(=O)N(C)Cc2ccccc2C(=O)SC)cc1)C(C)C. The van der Waals surface area contributed by atoms with Crippen molar-refractivity contribution in [3.63, 3.8) is 0 Å². The Kier molecular flexibility index (Phi) is 33.7. The topological polar surface area (TPSA) is 274 Å². The van der Waals surface area contributed by atoms with Crippen LogP contribution in [0, 0.1) is 5.92 Å². The number of nitrogens with one attached hydrogen (secondary N) is 4. The molecule has 2 aromatic carbocycles. The third-order valence-corrected chi connectivity index (χ3v) is 12.1. The first-order valence-corrected chi connectivity index (χ1v) is 27.3. The van der Waals surface area contributed by atoms with E-state index in [2.05, 4.69) is 21.3 Å². The third kappa shape index (κ3) is 27.2. The summed E-state index contributed by atoms with van der Waals surface area (Å²) >= 11 is 1.09. The Morgan fingerprint density at radius 3 is 1.68 bits per heavy atom. The molecule has 0 fully saturated rings. The zero-order valence-electron chi connectivity index (χ0n) is 45.9. The van der Waals surface area contributed by atoms with Gasteiger partial charge in [0.1, 0.15) is 24.7 Å². The number of carbonyl (C=O) groups is 8. The number of methoxy groups -OCH3 is 1. The summed E-state index contributed by atoms with van der Waals surface area (Å²) in [5.41, 5.74) is 2.28. The molecule has 0 radical (unpaired) electrons. The quantitative estimate of drug-likeness (QED) is 0.0549. The summed E-state index contributed by atoms with van der Waals surface area (Å²) in [5, 5.41) is 10.8. The number of benzene rings is 2. The summed E-state index contributed by atoms with van der Waals surface area (Å²) in [6, 6.07) is 10.4. The van der Waals surface area contributed by atoms with Crippen molar-refractivity contribution in [2.24, 2.45) is 5.92 Å². The average molecular weight is 1120 g/mol. The number of nitrogens with zero attached hydrogens (tertiary/aromatic N) is 2. The van der Waals surface area contributed by atoms with E-state index in [4.69, 9.17) is 42.6 Å². The molecule has 4 N–H and O–H groups in total. The fraction of sp³-hybridized carbons (Fsp3) is 0.593. The number of imide groups is 1. The Bertz CT molecular complexity index is 2170. The lowest BCUT2D eigenvalue weighted by Crippen LogP contribution is -2.57. The van der Waals surface area contributed by atoms with Gasteiger partial charge in [0.25, 0.3) is 11.8 Å². The Balaban J connectivity index is 1.38. The molecular formula is C54H80N6O17S. The number of hydrogen-bond acceptors (Lipinski definition) is 18. The van der Waals surface area contributed by atoms with Crippen LogP contribution in [0.4, 0.5) is 10.5 Å². The van der Waals surface area contributed by atoms with Crippen molar-refractivity contribution in [2.45, 2.75) is 77.7 Å². The van der Waals surface area contributed by atoms with E-state index < -0.39 is 65.6 Å². The van der Waals surface area contributed by atoms with Gasteiger partial charge in [0, 0.05) is 57.1 Å². The number of thioether (sulfide) groups is 1. The van der Waals surface area contributed by atoms with E-state index in [-0.39, 0.29) is 57.5 Å². The fourth-order valence-corrected chi connectivity index (χ4v) is 7.59. The van der Waals surface area contributed by atoms with Crippen LogP contribution in [-0.2, 0) is 84.6 Å². The average Bonchev–Trinajstić information content (AvgIpc) is 3.75. The standard InChI is InChI=1S/C54H80N6O17S/c1-39(2)49(52(66)55-40(3)50(64)56-43-16-14-41(15-17-43)38-77-54(68)59(4)37-42-11-7-8-12-44(42)53(67)78-6)58-51(65)45(13-9-10-21-60-47(62)18-19-48(60)63)57-46(61)20-22-70-25-26-72-29-30-74-33-34-76-36-35-75-32-31-73-28-27-71-24-23-69-5/h7-8,11-12,14-19,39-40,45,49H,9-10,13,20-38H2,1-6H3,(H,55,66)(H,56,64)(H,57,61)(H,58,65)/t40-,45-,49-/m0/s1. The molecule has 23 nitrogen and oxygen atoms in total. The summed E-state index contributed by atoms with van der Waals surface area (Å²) in [7, 11) is 3.20. The highest BCUT2D eigenvalue weighted by Crippen LogP contribution is 2.18. The molecule has 0 spiro atoms. The molecule has 0 saturated heterocycles. The Morgan fingerprint density at radius 1 is 0.628 bits per heavy atom. The van der Waals surface area contributed by atoms with Crippen molar-refractivity contribution in [3.05, 3.63) is 77.4 Å². The number of ether oxygens (including phenoxy) is 9. The predicted molar refractivity (Wildman–Crippen MR) is 289 cm³/mol. The Hall–Kier alpha value is -5.83. The van der Waals surface area contributed by atoms with Crippen molar-refractivity contribution >= 4 is 64.1 Å². The molecule has 78 heavy (non-hydrogen) atoms. The molecule has 3 rings (SSSR count). The van der Waals surface area contributed by atoms with Crippen LogP contribution in [0.3, 0.4) is 0 Å². The number of amides is 7. The molecule has 1 aliphatic rings. The van der Waals surface area contributed by atoms with Gasteiger partial charge in [-0.15, -0.1) is 0 Å². The van der Waals surface area contributed by atoms with Crippen LogP contribution in [0.25, 0.3) is 0 Å². The van der Waals surface area contributed by atoms with Crippen LogP contribution in [0.5, 0.6) is 0 Å². The summed E-state index contributed by atoms with van der Waals surface area (Å²) in [4.78, 5) is 105. The maximum Gasteiger partial charge on any atom is 0.410 e. The third-order valence-electron chi connectivity index (χ3n) is 11.5. The number of anilines is 1. The molecule has 1 aliphatic heterocycles. The lowest BCUT2D eigenvalue weighted by molar-refractivity contribution is -0.137. The summed E-state index contributed by atoms with van der Waals surface area (Å²) in [6.45, 7) is 11.1. The van der Waals surface area contributed by atoms with Crippen LogP contribution in [-0.4, -0.2) is 201 Å². The zero-order chi connectivity index (χ0) is 56.9. The minimum atomic E-state index is -1.10. The van der Waals surface area contributed by atoms with E-state index >= 15 is 0 Å². The van der Waals surface area contributed by atoms with Gasteiger partial charge in [0.2, 0.25) is 28.7 Å². The summed E-state index contributed by atoms with van der Waals surface area (Å²) in [5.74, 6) is -3.58. The first kappa shape index (κ1) is 66.4. The van der Waals surface area contributed by atoms with Crippen LogP contribution >= 0.6 is 11.8 Å². The number of hydrogen-bond donors (Lipinski definition) is 4. The molecule has 0 saturated carbocycles. The van der Waals surface area contributed by atoms with Crippen molar-refractivity contribution < 1.29 is 81.0 Å². The van der Waals surface area contributed by atoms with Gasteiger partial charge in [0.05, 0.1) is 99.1 Å². The maximum absolute atomic E-state index is 13.8. The summed E-state index contributed by atoms with van der Waals surface area (Å²) < 4.78 is 48.7. The second-order valence-electron chi connectivity index (χ2n) is 18.0. The van der Waals surface area contributed by atoms with Gasteiger partial charge in [0.15, 0.2) is 0 Å². The molecule has 24 heteroatoms. The van der Waals surface area contributed by atoms with E-state index in [1.165, 1.54) is 24.0 Å². The molecular weight excluding hydrogens is 1040 g/mol. The highest BCUT2D eigenvalue weighted by molar-refractivity contribution is 8.13. The maximum atomic E-state index is 13.8. The van der Waals surface area contributed by atoms with Crippen molar-refractivity contribution in [2.75, 3.05) is 131 Å². The highest BCUT2D eigenvalue weighted by Gasteiger charge is 2.31. The normalized spacial score (nSPS) is 13.3. The largest absolute Gasteiger partial charge is 0.445 e. The Morgan fingerprint density at radius 2 is 1.15 bits per heavy atom. The molecule has 434 valence electrons. The first-order chi connectivity index (χ1) is 37.6. The first-order valence-electron chi connectivity index (χ1n) is 26.1. The van der Waals surface area contributed by atoms with Crippen LogP contribution in [0.1, 0.15) is 67.9 Å². The molecule has 2 aromatic rings. The van der Waals surface area contributed by atoms with E-state index in [0.717, 1.165) is 16.7 Å². The molecule has 3 atom stereocenters. The van der Waals surface area contributed by atoms with Crippen LogP contribution < -0.4 is 21.3 Å². The van der Waals surface area contributed by atoms with Crippen molar-refractivity contribution in [3.8, 4) is 0 Å². The van der Waals surface area contributed by atoms with Gasteiger partial charge in [-0.1, -0.05) is 62.0 Å². The summed E-state index contributed by atoms with van der Waals surface area (Å²) in [6.07, 6.45) is 4.24. The van der Waals surface area contributed by atoms with Crippen LogP contribution in [0.2, 0.25) is 0 Å². The van der Waals surface area contributed by atoms with Gasteiger partial charge in [-0.2, -0.15) is 0 Å². The van der Waals surface area contributed by atoms with E-state index in [1.54, 1.807) is 82.8 Å². The highest BCUT2D eigenvalue weighted by atomic mass is 32.2. The second-order valence-corrected chi connectivity index (χ2v) is 18.8. The molecule has 0 aliphatic carbocycles. The number of unbranched alkanes of at least 4 members (excludes halogenated alkanes) is 1. The molecule has 0 unspecified atom stereocenters. The predicted octanol–water partition coefficient (Wildman–Crippen LogP) is 3.28. The van der Waals surface area contributed by atoms with Gasteiger partial charge >= 0.3 is 6.09 Å². The minimum absolute atomic E-state index is 0.0411. The smallest absolute Gasteiger partial charge is 0.410 e. The molecule has 7 amide bonds. The lowest BCUT2D eigenvalue weighted by Gasteiger charge is -2.26. The zero-order valence-corrected chi connectivity index (χ0v) is 46.7. The van der Waals surface area contributed by atoms with Crippen LogP contribution in [0.15, 0.2) is 60.7 Å². The minimum Gasteiger partial charge on any atom is -0.445 e. The van der Waals surface area contributed by atoms with Gasteiger partial charge in [-0.05, 0) is 61.6 Å². The van der Waals surface area contributed by atoms with Crippen molar-refractivity contribution in [1.29, 1.82) is 0 Å². The number of rotatable bonds is 42. The fourth-order valence-electron chi connectivity index (χ4n) is 7.17. The molecule has 0 bridgehead atoms. The lowest BCUT2D eigenvalue weighted by atomic mass is 10.0. The van der Waals surface area contributed by atoms with E-state index in [1.807, 2.05) is 0 Å². The number of carbonyl (C=O) groups excluding carboxylic acids is 8. The molecule has 0 aromatic heterocycles. The van der Waals surface area contributed by atoms with Crippen molar-refractivity contribution in [1.82, 2.24) is 25.8 Å². The Labute approximate surface area is 461 Å². The van der Waals surface area contributed by atoms with Gasteiger partial charge in [-0.3, -0.25) is 38.5 Å².